The van der Waals surface area contributed by atoms with Gasteiger partial charge in [0.1, 0.15) is 11.8 Å². The number of aromatic hydroxyl groups is 1. The number of aryl methyl sites for hydroxylation is 1. The maximum absolute atomic E-state index is 13.6. The number of benzene rings is 4. The third kappa shape index (κ3) is 7.42. The van der Waals surface area contributed by atoms with Crippen molar-refractivity contribution in [3.63, 3.8) is 0 Å². The third-order valence-corrected chi connectivity index (χ3v) is 11.9. The van der Waals surface area contributed by atoms with E-state index in [1.165, 1.54) is 27.9 Å². The molecule has 3 N–H and O–H groups in total. The molecule has 4 aromatic carbocycles. The first kappa shape index (κ1) is 35.4. The zero-order chi connectivity index (χ0) is 37.2. The summed E-state index contributed by atoms with van der Waals surface area (Å²) in [4.78, 5) is 56.5. The highest BCUT2D eigenvalue weighted by atomic mass is 16.3. The van der Waals surface area contributed by atoms with Gasteiger partial charge in [-0.25, -0.2) is 0 Å². The number of phenolic OH excluding ortho intramolecular Hbond substituents is 1. The maximum atomic E-state index is 13.6. The molecule has 4 aliphatic rings. The van der Waals surface area contributed by atoms with E-state index in [2.05, 4.69) is 81.1 Å². The van der Waals surface area contributed by atoms with Crippen LogP contribution in [0, 0.1) is 5.92 Å². The summed E-state index contributed by atoms with van der Waals surface area (Å²) in [6, 6.07) is 32.3. The van der Waals surface area contributed by atoms with E-state index in [1.807, 2.05) is 29.2 Å². The van der Waals surface area contributed by atoms with E-state index in [9.17, 15) is 24.3 Å². The normalized spacial score (nSPS) is 22.0. The number of fused-ring (bicyclic) bond motifs is 1. The van der Waals surface area contributed by atoms with Gasteiger partial charge in [0, 0.05) is 74.5 Å². The number of imide groups is 1. The summed E-state index contributed by atoms with van der Waals surface area (Å²) in [5.74, 6) is 0.0236. The second-order valence-corrected chi connectivity index (χ2v) is 15.1. The van der Waals surface area contributed by atoms with Crippen LogP contribution in [0.4, 0.5) is 11.4 Å². The van der Waals surface area contributed by atoms with Gasteiger partial charge in [0.15, 0.2) is 0 Å². The van der Waals surface area contributed by atoms with E-state index in [1.54, 1.807) is 12.1 Å². The summed E-state index contributed by atoms with van der Waals surface area (Å²) in [7, 11) is 0. The molecule has 0 radical (unpaired) electrons. The smallest absolute Gasteiger partial charge is 0.251 e. The summed E-state index contributed by atoms with van der Waals surface area (Å²) in [5.41, 5.74) is 7.79. The van der Waals surface area contributed by atoms with Crippen LogP contribution in [0.15, 0.2) is 97.1 Å². The molecule has 1 aliphatic carbocycles. The molecule has 10 nitrogen and oxygen atoms in total. The minimum atomic E-state index is -0.710. The van der Waals surface area contributed by atoms with E-state index in [4.69, 9.17) is 0 Å². The Morgan fingerprint density at radius 2 is 1.35 bits per heavy atom. The molecule has 8 rings (SSSR count). The van der Waals surface area contributed by atoms with Crippen molar-refractivity contribution in [3.05, 3.63) is 125 Å². The van der Waals surface area contributed by atoms with Crippen LogP contribution in [0.3, 0.4) is 0 Å². The minimum absolute atomic E-state index is 0.00324. The van der Waals surface area contributed by atoms with Gasteiger partial charge in [-0.2, -0.15) is 0 Å². The molecule has 3 atom stereocenters. The van der Waals surface area contributed by atoms with Crippen molar-refractivity contribution in [2.45, 2.75) is 56.4 Å². The van der Waals surface area contributed by atoms with Crippen molar-refractivity contribution in [1.82, 2.24) is 15.5 Å². The lowest BCUT2D eigenvalue weighted by Crippen LogP contribution is -2.52. The molecule has 0 aromatic heterocycles. The van der Waals surface area contributed by atoms with Crippen molar-refractivity contribution >= 4 is 35.0 Å². The highest BCUT2D eigenvalue weighted by molar-refractivity contribution is 6.03. The number of carbonyl (C=O) groups is 4. The number of piperazine rings is 1. The first-order valence-corrected chi connectivity index (χ1v) is 19.3. The fourth-order valence-electron chi connectivity index (χ4n) is 8.89. The van der Waals surface area contributed by atoms with Gasteiger partial charge < -0.3 is 25.1 Å². The SMILES string of the molecule is O=C1CCC(NC(=O)c2ccc(N3CCC(C(=O)N4CCN(c5ccc([C@@H]6c7ccc(O)cc7CC[C@@H]6c6ccccc6)cc5)CC4)CC3)cc2)C(=O)N1. The van der Waals surface area contributed by atoms with Gasteiger partial charge in [-0.1, -0.05) is 48.5 Å². The van der Waals surface area contributed by atoms with E-state index in [0.29, 0.717) is 36.7 Å². The van der Waals surface area contributed by atoms with Gasteiger partial charge >= 0.3 is 0 Å². The van der Waals surface area contributed by atoms with Gasteiger partial charge in [0.2, 0.25) is 17.7 Å². The first-order chi connectivity index (χ1) is 26.3. The Balaban J connectivity index is 0.836. The first-order valence-electron chi connectivity index (χ1n) is 19.3. The number of anilines is 2. The Hall–Kier alpha value is -5.64. The van der Waals surface area contributed by atoms with E-state index >= 15 is 0 Å². The molecule has 4 aromatic rings. The second-order valence-electron chi connectivity index (χ2n) is 15.1. The number of phenols is 1. The van der Waals surface area contributed by atoms with Crippen LogP contribution >= 0.6 is 0 Å². The predicted molar refractivity (Wildman–Crippen MR) is 208 cm³/mol. The highest BCUT2D eigenvalue weighted by Gasteiger charge is 2.34. The molecular formula is C44H47N5O5. The lowest BCUT2D eigenvalue weighted by Gasteiger charge is -2.40. The number of nitrogens with zero attached hydrogens (tertiary/aromatic N) is 3. The molecule has 4 amide bonds. The number of rotatable bonds is 7. The van der Waals surface area contributed by atoms with E-state index < -0.39 is 11.9 Å². The van der Waals surface area contributed by atoms with Crippen molar-refractivity contribution in [1.29, 1.82) is 0 Å². The van der Waals surface area contributed by atoms with Crippen molar-refractivity contribution < 1.29 is 24.3 Å². The Bertz CT molecular complexity index is 2000. The number of carbonyl (C=O) groups excluding carboxylic acids is 4. The summed E-state index contributed by atoms with van der Waals surface area (Å²) < 4.78 is 0. The number of amides is 4. The molecule has 10 heteroatoms. The van der Waals surface area contributed by atoms with E-state index in [-0.39, 0.29) is 36.0 Å². The average Bonchev–Trinajstić information content (AvgIpc) is 3.21. The maximum Gasteiger partial charge on any atom is 0.251 e. The molecule has 3 heterocycles. The topological polar surface area (TPSA) is 122 Å². The van der Waals surface area contributed by atoms with Gasteiger partial charge in [-0.3, -0.25) is 24.5 Å². The van der Waals surface area contributed by atoms with Crippen molar-refractivity contribution in [2.24, 2.45) is 5.92 Å². The molecule has 1 unspecified atom stereocenters. The third-order valence-electron chi connectivity index (χ3n) is 11.9. The fourth-order valence-corrected chi connectivity index (χ4v) is 8.89. The number of hydrogen-bond donors (Lipinski definition) is 3. The van der Waals surface area contributed by atoms with Crippen LogP contribution < -0.4 is 20.4 Å². The summed E-state index contributed by atoms with van der Waals surface area (Å²) in [6.07, 6.45) is 4.06. The molecule has 0 spiro atoms. The van der Waals surface area contributed by atoms with Crippen LogP contribution in [0.1, 0.15) is 76.6 Å². The van der Waals surface area contributed by atoms with Crippen LogP contribution in [0.25, 0.3) is 0 Å². The van der Waals surface area contributed by atoms with Gasteiger partial charge in [-0.15, -0.1) is 0 Å². The van der Waals surface area contributed by atoms with Gasteiger partial charge in [0.25, 0.3) is 5.91 Å². The van der Waals surface area contributed by atoms with Gasteiger partial charge in [-0.05, 0) is 109 Å². The quantitative estimate of drug-likeness (QED) is 0.220. The van der Waals surface area contributed by atoms with Crippen molar-refractivity contribution in [3.8, 4) is 5.75 Å². The predicted octanol–water partition coefficient (Wildman–Crippen LogP) is 5.35. The summed E-state index contributed by atoms with van der Waals surface area (Å²) in [6.45, 7) is 4.54. The molecule has 3 fully saturated rings. The van der Waals surface area contributed by atoms with Gasteiger partial charge in [0.05, 0.1) is 0 Å². The monoisotopic (exact) mass is 725 g/mol. The molecule has 3 saturated heterocycles. The zero-order valence-electron chi connectivity index (χ0n) is 30.5. The molecule has 3 aliphatic heterocycles. The number of piperidine rings is 2. The zero-order valence-corrected chi connectivity index (χ0v) is 30.5. The van der Waals surface area contributed by atoms with Crippen LogP contribution in [0.5, 0.6) is 5.75 Å². The number of hydrogen-bond acceptors (Lipinski definition) is 7. The summed E-state index contributed by atoms with van der Waals surface area (Å²) >= 11 is 0. The van der Waals surface area contributed by atoms with E-state index in [0.717, 1.165) is 57.5 Å². The van der Waals surface area contributed by atoms with Crippen LogP contribution in [-0.4, -0.2) is 78.9 Å². The second kappa shape index (κ2) is 15.4. The average molecular weight is 726 g/mol. The lowest BCUT2D eigenvalue weighted by molar-refractivity contribution is -0.137. The van der Waals surface area contributed by atoms with Crippen LogP contribution in [0.2, 0.25) is 0 Å². The Kier molecular flexibility index (Phi) is 10.1. The molecule has 0 saturated carbocycles. The Morgan fingerprint density at radius 1 is 0.685 bits per heavy atom. The number of nitrogens with one attached hydrogen (secondary N) is 2. The largest absolute Gasteiger partial charge is 0.508 e. The van der Waals surface area contributed by atoms with Crippen molar-refractivity contribution in [2.75, 3.05) is 49.1 Å². The minimum Gasteiger partial charge on any atom is -0.508 e. The molecule has 278 valence electrons. The highest BCUT2D eigenvalue weighted by Crippen LogP contribution is 2.47. The Labute approximate surface area is 316 Å². The summed E-state index contributed by atoms with van der Waals surface area (Å²) in [5, 5.41) is 15.2. The van der Waals surface area contributed by atoms with Crippen LogP contribution in [-0.2, 0) is 20.8 Å². The molecular weight excluding hydrogens is 679 g/mol. The molecule has 54 heavy (non-hydrogen) atoms. The lowest BCUT2D eigenvalue weighted by atomic mass is 9.69. The standard InChI is InChI=1S/C44H47N5O5/c50-36-15-17-38-33(28-36)10-16-37(29-4-2-1-3-5-29)41(38)30-6-11-35(12-7-30)48-24-26-49(27-25-48)44(54)32-20-22-47(23-21-32)34-13-8-31(9-14-34)42(52)45-39-18-19-40(51)46-43(39)53/h1-9,11-15,17,28,32,37,39,41,50H,10,16,18-27H2,(H,45,52)(H,46,51,53)/t37-,39?,41+/m1/s1. The fraction of sp³-hybridized carbons (Fsp3) is 0.364. The molecule has 0 bridgehead atoms. The Morgan fingerprint density at radius 3 is 2.04 bits per heavy atom.